The Kier molecular flexibility index (Phi) is 4.42. The molecule has 3 heteroatoms. The first-order valence-electron chi connectivity index (χ1n) is 7.17. The zero-order valence-electron chi connectivity index (χ0n) is 12.3. The van der Waals surface area contributed by atoms with Gasteiger partial charge in [0.05, 0.1) is 0 Å². The summed E-state index contributed by atoms with van der Waals surface area (Å²) in [7, 11) is 2.03. The van der Waals surface area contributed by atoms with Gasteiger partial charge in [-0.3, -0.25) is 0 Å². The van der Waals surface area contributed by atoms with Crippen molar-refractivity contribution in [2.75, 3.05) is 7.05 Å². The van der Waals surface area contributed by atoms with E-state index in [1.165, 1.54) is 0 Å². The molecule has 0 aromatic heterocycles. The van der Waals surface area contributed by atoms with Crippen molar-refractivity contribution in [3.63, 3.8) is 0 Å². The SMILES string of the molecule is CCc1cc(OC2CC(NC)C2(C)CC)ccc1Cl. The predicted molar refractivity (Wildman–Crippen MR) is 81.1 cm³/mol. The van der Waals surface area contributed by atoms with Gasteiger partial charge in [-0.15, -0.1) is 0 Å². The molecule has 2 rings (SSSR count). The molecule has 1 aliphatic carbocycles. The average Bonchev–Trinajstić information content (AvgIpc) is 2.43. The Morgan fingerprint density at radius 1 is 1.42 bits per heavy atom. The molecule has 0 aliphatic heterocycles. The fourth-order valence-electron chi connectivity index (χ4n) is 2.98. The lowest BCUT2D eigenvalue weighted by Gasteiger charge is -2.53. The van der Waals surface area contributed by atoms with Gasteiger partial charge < -0.3 is 10.1 Å². The lowest BCUT2D eigenvalue weighted by molar-refractivity contribution is -0.0677. The number of halogens is 1. The molecule has 1 N–H and O–H groups in total. The molecule has 0 radical (unpaired) electrons. The summed E-state index contributed by atoms with van der Waals surface area (Å²) < 4.78 is 6.19. The Balaban J connectivity index is 2.10. The van der Waals surface area contributed by atoms with E-state index < -0.39 is 0 Å². The van der Waals surface area contributed by atoms with Crippen LogP contribution in [0.5, 0.6) is 5.75 Å². The molecule has 0 saturated heterocycles. The van der Waals surface area contributed by atoms with E-state index in [4.69, 9.17) is 16.3 Å². The summed E-state index contributed by atoms with van der Waals surface area (Å²) in [5.41, 5.74) is 1.38. The van der Waals surface area contributed by atoms with Crippen LogP contribution in [0.25, 0.3) is 0 Å². The number of hydrogen-bond acceptors (Lipinski definition) is 2. The summed E-state index contributed by atoms with van der Waals surface area (Å²) in [6.45, 7) is 6.65. The summed E-state index contributed by atoms with van der Waals surface area (Å²) in [5, 5.41) is 4.22. The van der Waals surface area contributed by atoms with E-state index >= 15 is 0 Å². The molecule has 0 heterocycles. The molecule has 3 atom stereocenters. The van der Waals surface area contributed by atoms with Gasteiger partial charge in [0.25, 0.3) is 0 Å². The molecular weight excluding hydrogens is 258 g/mol. The van der Waals surface area contributed by atoms with E-state index in [0.717, 1.165) is 35.6 Å². The maximum absolute atomic E-state index is 6.19. The summed E-state index contributed by atoms with van der Waals surface area (Å²) in [4.78, 5) is 0. The highest BCUT2D eigenvalue weighted by molar-refractivity contribution is 6.31. The van der Waals surface area contributed by atoms with Crippen LogP contribution < -0.4 is 10.1 Å². The van der Waals surface area contributed by atoms with Crippen LogP contribution in [0.1, 0.15) is 39.2 Å². The molecule has 1 aromatic rings. The molecule has 0 amide bonds. The Bertz CT molecular complexity index is 448. The summed E-state index contributed by atoms with van der Waals surface area (Å²) in [6.07, 6.45) is 3.42. The third-order valence-corrected chi connectivity index (χ3v) is 5.14. The lowest BCUT2D eigenvalue weighted by atomic mass is 9.61. The first-order valence-corrected chi connectivity index (χ1v) is 7.55. The van der Waals surface area contributed by atoms with Crippen molar-refractivity contribution in [2.45, 2.75) is 52.2 Å². The zero-order chi connectivity index (χ0) is 14.0. The van der Waals surface area contributed by atoms with Crippen molar-refractivity contribution < 1.29 is 4.74 Å². The van der Waals surface area contributed by atoms with Crippen LogP contribution >= 0.6 is 11.6 Å². The van der Waals surface area contributed by atoms with Gasteiger partial charge in [0.2, 0.25) is 0 Å². The minimum Gasteiger partial charge on any atom is -0.490 e. The summed E-state index contributed by atoms with van der Waals surface area (Å²) in [6, 6.07) is 6.54. The standard InChI is InChI=1S/C16H24ClNO/c1-5-11-9-12(7-8-13(11)17)19-15-10-14(18-4)16(15,3)6-2/h7-9,14-15,18H,5-6,10H2,1-4H3. The van der Waals surface area contributed by atoms with E-state index in [-0.39, 0.29) is 5.41 Å². The van der Waals surface area contributed by atoms with E-state index in [9.17, 15) is 0 Å². The van der Waals surface area contributed by atoms with Gasteiger partial charge >= 0.3 is 0 Å². The van der Waals surface area contributed by atoms with Crippen LogP contribution in [0.15, 0.2) is 18.2 Å². The monoisotopic (exact) mass is 281 g/mol. The molecule has 0 bridgehead atoms. The maximum Gasteiger partial charge on any atom is 0.120 e. The highest BCUT2D eigenvalue weighted by atomic mass is 35.5. The number of hydrogen-bond donors (Lipinski definition) is 1. The lowest BCUT2D eigenvalue weighted by Crippen LogP contribution is -2.62. The molecule has 19 heavy (non-hydrogen) atoms. The van der Waals surface area contributed by atoms with Crippen molar-refractivity contribution in [1.29, 1.82) is 0 Å². The number of ether oxygens (including phenoxy) is 1. The molecule has 1 aromatic carbocycles. The van der Waals surface area contributed by atoms with Gasteiger partial charge in [-0.1, -0.05) is 32.4 Å². The smallest absolute Gasteiger partial charge is 0.120 e. The Hall–Kier alpha value is -0.730. The topological polar surface area (TPSA) is 21.3 Å². The van der Waals surface area contributed by atoms with E-state index in [0.29, 0.717) is 12.1 Å². The Morgan fingerprint density at radius 3 is 2.74 bits per heavy atom. The normalized spacial score (nSPS) is 29.9. The zero-order valence-corrected chi connectivity index (χ0v) is 13.1. The van der Waals surface area contributed by atoms with Crippen LogP contribution in [0.2, 0.25) is 5.02 Å². The second-order valence-electron chi connectivity index (χ2n) is 5.65. The minimum atomic E-state index is 0.223. The van der Waals surface area contributed by atoms with Gasteiger partial charge in [0.15, 0.2) is 0 Å². The molecule has 1 fully saturated rings. The molecule has 0 spiro atoms. The van der Waals surface area contributed by atoms with Gasteiger partial charge in [0, 0.05) is 22.9 Å². The molecule has 3 unspecified atom stereocenters. The van der Waals surface area contributed by atoms with Crippen LogP contribution in [-0.4, -0.2) is 19.2 Å². The third-order valence-electron chi connectivity index (χ3n) is 4.77. The predicted octanol–water partition coefficient (Wildman–Crippen LogP) is 4.06. The first kappa shape index (κ1) is 14.7. The number of rotatable bonds is 5. The van der Waals surface area contributed by atoms with Crippen molar-refractivity contribution in [1.82, 2.24) is 5.32 Å². The molecule has 1 aliphatic rings. The van der Waals surface area contributed by atoms with E-state index in [1.54, 1.807) is 0 Å². The largest absolute Gasteiger partial charge is 0.490 e. The number of aryl methyl sites for hydroxylation is 1. The average molecular weight is 282 g/mol. The van der Waals surface area contributed by atoms with Crippen molar-refractivity contribution in [2.24, 2.45) is 5.41 Å². The summed E-state index contributed by atoms with van der Waals surface area (Å²) >= 11 is 6.14. The highest BCUT2D eigenvalue weighted by Crippen LogP contribution is 2.46. The fourth-order valence-corrected chi connectivity index (χ4v) is 3.23. The van der Waals surface area contributed by atoms with Crippen LogP contribution in [0.3, 0.4) is 0 Å². The fraction of sp³-hybridized carbons (Fsp3) is 0.625. The Morgan fingerprint density at radius 2 is 2.16 bits per heavy atom. The molecule has 1 saturated carbocycles. The minimum absolute atomic E-state index is 0.223. The van der Waals surface area contributed by atoms with Crippen LogP contribution in [-0.2, 0) is 6.42 Å². The maximum atomic E-state index is 6.19. The van der Waals surface area contributed by atoms with Crippen molar-refractivity contribution >= 4 is 11.6 Å². The van der Waals surface area contributed by atoms with Gasteiger partial charge in [-0.05, 0) is 43.7 Å². The number of nitrogens with one attached hydrogen (secondary N) is 1. The van der Waals surface area contributed by atoms with E-state index in [2.05, 4.69) is 32.2 Å². The molecular formula is C16H24ClNO. The van der Waals surface area contributed by atoms with Gasteiger partial charge in [-0.2, -0.15) is 0 Å². The third kappa shape index (κ3) is 2.61. The molecule has 106 valence electrons. The summed E-state index contributed by atoms with van der Waals surface area (Å²) in [5.74, 6) is 0.945. The highest BCUT2D eigenvalue weighted by Gasteiger charge is 2.51. The van der Waals surface area contributed by atoms with Gasteiger partial charge in [-0.25, -0.2) is 0 Å². The van der Waals surface area contributed by atoms with Crippen molar-refractivity contribution in [3.8, 4) is 5.75 Å². The second kappa shape index (κ2) is 5.72. The van der Waals surface area contributed by atoms with Crippen LogP contribution in [0, 0.1) is 5.41 Å². The molecule has 2 nitrogen and oxygen atoms in total. The van der Waals surface area contributed by atoms with Crippen LogP contribution in [0.4, 0.5) is 0 Å². The van der Waals surface area contributed by atoms with Crippen molar-refractivity contribution in [3.05, 3.63) is 28.8 Å². The second-order valence-corrected chi connectivity index (χ2v) is 6.06. The Labute approximate surface area is 121 Å². The number of benzene rings is 1. The quantitative estimate of drug-likeness (QED) is 0.879. The first-order chi connectivity index (χ1) is 9.05. The van der Waals surface area contributed by atoms with Gasteiger partial charge in [0.1, 0.15) is 11.9 Å². The van der Waals surface area contributed by atoms with E-state index in [1.807, 2.05) is 19.2 Å².